The van der Waals surface area contributed by atoms with E-state index < -0.39 is 5.60 Å². The van der Waals surface area contributed by atoms with Crippen LogP contribution >= 0.6 is 0 Å². The molecular weight excluding hydrogens is 256 g/mol. The van der Waals surface area contributed by atoms with E-state index in [0.717, 1.165) is 6.42 Å². The van der Waals surface area contributed by atoms with E-state index in [-0.39, 0.29) is 18.0 Å². The number of ether oxygens (including phenoxy) is 1. The Morgan fingerprint density at radius 2 is 1.95 bits per heavy atom. The predicted octanol–water partition coefficient (Wildman–Crippen LogP) is 2.25. The number of carbonyl (C=O) groups is 2. The number of piperazine rings is 1. The normalized spacial score (nSPS) is 24.6. The highest BCUT2D eigenvalue weighted by molar-refractivity contribution is 5.86. The first-order valence-corrected chi connectivity index (χ1v) is 7.52. The number of likely N-dealkylation sites (N-methyl/N-ethyl adjacent to an activating group) is 1. The number of carbonyl (C=O) groups excluding carboxylic acids is 2. The van der Waals surface area contributed by atoms with Crippen molar-refractivity contribution >= 4 is 12.0 Å². The molecule has 5 nitrogen and oxygen atoms in total. The minimum absolute atomic E-state index is 0.0500. The second-order valence-corrected chi connectivity index (χ2v) is 6.98. The first kappa shape index (κ1) is 15.1. The van der Waals surface area contributed by atoms with Crippen molar-refractivity contribution in [1.82, 2.24) is 9.80 Å². The summed E-state index contributed by atoms with van der Waals surface area (Å²) in [6.07, 6.45) is 4.02. The van der Waals surface area contributed by atoms with Gasteiger partial charge in [0.1, 0.15) is 11.6 Å². The van der Waals surface area contributed by atoms with Crippen LogP contribution in [0.15, 0.2) is 0 Å². The van der Waals surface area contributed by atoms with Gasteiger partial charge in [-0.25, -0.2) is 4.79 Å². The van der Waals surface area contributed by atoms with Gasteiger partial charge in [-0.15, -0.1) is 0 Å². The number of rotatable bonds is 2. The van der Waals surface area contributed by atoms with Gasteiger partial charge in [-0.2, -0.15) is 0 Å². The summed E-state index contributed by atoms with van der Waals surface area (Å²) in [6.45, 7) is 6.70. The highest BCUT2D eigenvalue weighted by Crippen LogP contribution is 2.33. The number of hydrogen-bond donors (Lipinski definition) is 0. The van der Waals surface area contributed by atoms with Crippen LogP contribution in [0, 0.1) is 5.92 Å². The van der Waals surface area contributed by atoms with Crippen molar-refractivity contribution in [3.05, 3.63) is 0 Å². The summed E-state index contributed by atoms with van der Waals surface area (Å²) in [6, 6.07) is -0.339. The first-order valence-electron chi connectivity index (χ1n) is 7.52. The highest BCUT2D eigenvalue weighted by atomic mass is 16.6. The van der Waals surface area contributed by atoms with Crippen molar-refractivity contribution in [3.8, 4) is 0 Å². The lowest BCUT2D eigenvalue weighted by atomic mass is 9.80. The predicted molar refractivity (Wildman–Crippen MR) is 76.3 cm³/mol. The molecule has 0 radical (unpaired) electrons. The average molecular weight is 282 g/mol. The van der Waals surface area contributed by atoms with Crippen LogP contribution in [0.1, 0.15) is 46.5 Å². The van der Waals surface area contributed by atoms with Crippen molar-refractivity contribution in [2.24, 2.45) is 5.92 Å². The third-order valence-corrected chi connectivity index (χ3v) is 4.12. The van der Waals surface area contributed by atoms with Gasteiger partial charge >= 0.3 is 6.09 Å². The largest absolute Gasteiger partial charge is 0.444 e. The fourth-order valence-electron chi connectivity index (χ4n) is 2.72. The Bertz CT molecular complexity index is 385. The molecule has 1 unspecified atom stereocenters. The quantitative estimate of drug-likeness (QED) is 0.780. The summed E-state index contributed by atoms with van der Waals surface area (Å²) >= 11 is 0. The number of nitrogens with zero attached hydrogens (tertiary/aromatic N) is 2. The molecule has 0 N–H and O–H groups in total. The smallest absolute Gasteiger partial charge is 0.411 e. The molecule has 1 atom stereocenters. The zero-order valence-electron chi connectivity index (χ0n) is 13.0. The third kappa shape index (κ3) is 3.44. The van der Waals surface area contributed by atoms with Crippen LogP contribution in [0.25, 0.3) is 0 Å². The van der Waals surface area contributed by atoms with Gasteiger partial charge < -0.3 is 9.64 Å². The summed E-state index contributed by atoms with van der Waals surface area (Å²) in [5.74, 6) is 0.634. The molecule has 2 amide bonds. The van der Waals surface area contributed by atoms with Crippen molar-refractivity contribution in [1.29, 1.82) is 0 Å². The van der Waals surface area contributed by atoms with Gasteiger partial charge in [0, 0.05) is 20.1 Å². The maximum atomic E-state index is 12.4. The van der Waals surface area contributed by atoms with Gasteiger partial charge in [0.15, 0.2) is 0 Å². The summed E-state index contributed by atoms with van der Waals surface area (Å²) in [7, 11) is 1.81. The second-order valence-electron chi connectivity index (χ2n) is 6.98. The van der Waals surface area contributed by atoms with E-state index in [1.807, 2.05) is 27.8 Å². The molecular formula is C15H26N2O3. The lowest BCUT2D eigenvalue weighted by molar-refractivity contribution is -0.141. The Balaban J connectivity index is 2.06. The Kier molecular flexibility index (Phi) is 4.25. The Morgan fingerprint density at radius 3 is 2.45 bits per heavy atom. The third-order valence-electron chi connectivity index (χ3n) is 4.12. The van der Waals surface area contributed by atoms with E-state index in [1.165, 1.54) is 19.3 Å². The molecule has 0 aromatic carbocycles. The van der Waals surface area contributed by atoms with Crippen LogP contribution in [0.2, 0.25) is 0 Å². The Hall–Kier alpha value is -1.26. The lowest BCUT2D eigenvalue weighted by Gasteiger charge is -2.42. The molecule has 5 heteroatoms. The van der Waals surface area contributed by atoms with Crippen LogP contribution in [-0.4, -0.2) is 53.6 Å². The minimum atomic E-state index is -0.523. The van der Waals surface area contributed by atoms with E-state index in [2.05, 4.69) is 0 Å². The Labute approximate surface area is 121 Å². The van der Waals surface area contributed by atoms with Crippen molar-refractivity contribution < 1.29 is 14.3 Å². The van der Waals surface area contributed by atoms with E-state index in [4.69, 9.17) is 4.74 Å². The molecule has 0 bridgehead atoms. The molecule has 0 spiro atoms. The first-order chi connectivity index (χ1) is 9.28. The molecule has 1 aliphatic carbocycles. The standard InChI is InChI=1S/C15H26N2O3/c1-15(2,3)20-14(19)17-9-8-16(4)13(18)12(17)10-11-6-5-7-11/h11-12H,5-10H2,1-4H3. The van der Waals surface area contributed by atoms with Gasteiger partial charge in [-0.3, -0.25) is 9.69 Å². The molecule has 2 aliphatic rings. The summed E-state index contributed by atoms with van der Waals surface area (Å²) < 4.78 is 5.44. The fraction of sp³-hybridized carbons (Fsp3) is 0.867. The molecule has 1 saturated heterocycles. The lowest BCUT2D eigenvalue weighted by Crippen LogP contribution is -2.59. The fourth-order valence-corrected chi connectivity index (χ4v) is 2.72. The van der Waals surface area contributed by atoms with E-state index in [1.54, 1.807) is 9.80 Å². The van der Waals surface area contributed by atoms with E-state index >= 15 is 0 Å². The SMILES string of the molecule is CN1CCN(C(=O)OC(C)(C)C)C(CC2CCC2)C1=O. The highest BCUT2D eigenvalue weighted by Gasteiger charge is 2.39. The maximum Gasteiger partial charge on any atom is 0.411 e. The van der Waals surface area contributed by atoms with Crippen LogP contribution in [0.3, 0.4) is 0 Å². The molecule has 2 rings (SSSR count). The maximum absolute atomic E-state index is 12.4. The minimum Gasteiger partial charge on any atom is -0.444 e. The topological polar surface area (TPSA) is 49.9 Å². The molecule has 0 aromatic rings. The molecule has 1 aliphatic heterocycles. The monoisotopic (exact) mass is 282 g/mol. The van der Waals surface area contributed by atoms with Crippen molar-refractivity contribution in [2.75, 3.05) is 20.1 Å². The molecule has 1 saturated carbocycles. The molecule has 2 fully saturated rings. The number of amides is 2. The van der Waals surface area contributed by atoms with Gasteiger partial charge in [0.2, 0.25) is 5.91 Å². The second kappa shape index (κ2) is 5.62. The van der Waals surface area contributed by atoms with Crippen LogP contribution in [-0.2, 0) is 9.53 Å². The van der Waals surface area contributed by atoms with Crippen molar-refractivity contribution in [3.63, 3.8) is 0 Å². The summed E-state index contributed by atoms with van der Waals surface area (Å²) in [5.41, 5.74) is -0.523. The van der Waals surface area contributed by atoms with Crippen LogP contribution < -0.4 is 0 Å². The number of hydrogen-bond acceptors (Lipinski definition) is 3. The molecule has 114 valence electrons. The molecule has 0 aromatic heterocycles. The van der Waals surface area contributed by atoms with E-state index in [9.17, 15) is 9.59 Å². The van der Waals surface area contributed by atoms with Gasteiger partial charge in [-0.1, -0.05) is 19.3 Å². The Morgan fingerprint density at radius 1 is 1.30 bits per heavy atom. The zero-order chi connectivity index (χ0) is 14.9. The average Bonchev–Trinajstić information content (AvgIpc) is 2.26. The summed E-state index contributed by atoms with van der Waals surface area (Å²) in [4.78, 5) is 28.0. The van der Waals surface area contributed by atoms with Crippen LogP contribution in [0.5, 0.6) is 0 Å². The van der Waals surface area contributed by atoms with Crippen LogP contribution in [0.4, 0.5) is 4.79 Å². The van der Waals surface area contributed by atoms with Gasteiger partial charge in [-0.05, 0) is 33.1 Å². The molecule has 20 heavy (non-hydrogen) atoms. The van der Waals surface area contributed by atoms with Gasteiger partial charge in [0.25, 0.3) is 0 Å². The van der Waals surface area contributed by atoms with Gasteiger partial charge in [0.05, 0.1) is 0 Å². The molecule has 1 heterocycles. The van der Waals surface area contributed by atoms with Crippen molar-refractivity contribution in [2.45, 2.75) is 58.1 Å². The van der Waals surface area contributed by atoms with E-state index in [0.29, 0.717) is 19.0 Å². The zero-order valence-corrected chi connectivity index (χ0v) is 13.0. The summed E-state index contributed by atoms with van der Waals surface area (Å²) in [5, 5.41) is 0.